The molecule has 3 heterocycles. The van der Waals surface area contributed by atoms with Gasteiger partial charge in [0.2, 0.25) is 5.91 Å². The number of carboxylic acids is 1. The molecule has 0 bridgehead atoms. The van der Waals surface area contributed by atoms with E-state index in [-0.39, 0.29) is 11.8 Å². The highest BCUT2D eigenvalue weighted by molar-refractivity contribution is 6.02. The van der Waals surface area contributed by atoms with Crippen molar-refractivity contribution in [1.29, 1.82) is 0 Å². The zero-order valence-corrected chi connectivity index (χ0v) is 25.0. The number of benzene rings is 3. The number of aromatic amines is 1. The maximum absolute atomic E-state index is 12.6. The van der Waals surface area contributed by atoms with Crippen molar-refractivity contribution in [2.24, 2.45) is 5.92 Å². The minimum Gasteiger partial charge on any atom is -0.475 e. The summed E-state index contributed by atoms with van der Waals surface area (Å²) in [6, 6.07) is 25.0. The molecule has 46 heavy (non-hydrogen) atoms. The van der Waals surface area contributed by atoms with Gasteiger partial charge in [0, 0.05) is 43.2 Å². The molecule has 240 valence electrons. The largest absolute Gasteiger partial charge is 0.490 e. The Labute approximate surface area is 264 Å². The Kier molecular flexibility index (Phi) is 10.7. The van der Waals surface area contributed by atoms with Gasteiger partial charge >= 0.3 is 12.1 Å². The lowest BCUT2D eigenvalue weighted by Gasteiger charge is -2.22. The predicted molar refractivity (Wildman–Crippen MR) is 171 cm³/mol. The van der Waals surface area contributed by atoms with Crippen molar-refractivity contribution in [3.63, 3.8) is 0 Å². The second kappa shape index (κ2) is 15.0. The Morgan fingerprint density at radius 3 is 2.39 bits per heavy atom. The van der Waals surface area contributed by atoms with Gasteiger partial charge < -0.3 is 20.5 Å². The van der Waals surface area contributed by atoms with E-state index in [1.54, 1.807) is 0 Å². The molecule has 4 aromatic rings. The molecule has 1 aromatic heterocycles. The molecule has 2 fully saturated rings. The zero-order valence-electron chi connectivity index (χ0n) is 25.0. The van der Waals surface area contributed by atoms with Gasteiger partial charge in [-0.15, -0.1) is 0 Å². The van der Waals surface area contributed by atoms with Crippen LogP contribution >= 0.6 is 0 Å². The predicted octanol–water partition coefficient (Wildman–Crippen LogP) is 6.18. The van der Waals surface area contributed by atoms with Crippen molar-refractivity contribution in [1.82, 2.24) is 20.8 Å². The highest BCUT2D eigenvalue weighted by atomic mass is 19.4. The fourth-order valence-electron chi connectivity index (χ4n) is 5.46. The molecule has 0 radical (unpaired) electrons. The molecular formula is C35H35F3N4O4. The van der Waals surface area contributed by atoms with Crippen LogP contribution in [-0.2, 0) is 20.9 Å². The molecule has 4 N–H and O–H groups in total. The van der Waals surface area contributed by atoms with Crippen molar-refractivity contribution >= 4 is 41.0 Å². The highest BCUT2D eigenvalue weighted by Gasteiger charge is 2.38. The fourth-order valence-corrected chi connectivity index (χ4v) is 5.46. The maximum Gasteiger partial charge on any atom is 0.490 e. The minimum atomic E-state index is -5.08. The van der Waals surface area contributed by atoms with Crippen molar-refractivity contribution in [2.75, 3.05) is 26.3 Å². The Balaban J connectivity index is 0.000000537. The Bertz CT molecular complexity index is 1690. The van der Waals surface area contributed by atoms with Gasteiger partial charge in [0.1, 0.15) is 0 Å². The van der Waals surface area contributed by atoms with Crippen LogP contribution in [0.3, 0.4) is 0 Å². The van der Waals surface area contributed by atoms with E-state index in [2.05, 4.69) is 81.5 Å². The van der Waals surface area contributed by atoms with Crippen LogP contribution in [0, 0.1) is 5.92 Å². The molecule has 1 atom stereocenters. The number of nitrogens with zero attached hydrogens (tertiary/aromatic N) is 1. The molecule has 6 rings (SSSR count). The summed E-state index contributed by atoms with van der Waals surface area (Å²) in [6.07, 6.45) is 3.37. The molecular weight excluding hydrogens is 597 g/mol. The maximum atomic E-state index is 12.6. The number of alkyl halides is 3. The Morgan fingerprint density at radius 2 is 1.70 bits per heavy atom. The van der Waals surface area contributed by atoms with Crippen molar-refractivity contribution in [3.8, 4) is 0 Å². The molecule has 3 aromatic carbocycles. The van der Waals surface area contributed by atoms with Crippen LogP contribution in [0.2, 0.25) is 0 Å². The monoisotopic (exact) mass is 632 g/mol. The van der Waals surface area contributed by atoms with Crippen molar-refractivity contribution < 1.29 is 32.6 Å². The summed E-state index contributed by atoms with van der Waals surface area (Å²) in [4.78, 5) is 21.5. The third-order valence-electron chi connectivity index (χ3n) is 8.00. The van der Waals surface area contributed by atoms with Crippen LogP contribution in [0.4, 0.5) is 13.2 Å². The molecule has 0 spiro atoms. The highest BCUT2D eigenvalue weighted by Crippen LogP contribution is 2.31. The summed E-state index contributed by atoms with van der Waals surface area (Å²) >= 11 is 0. The van der Waals surface area contributed by atoms with Gasteiger partial charge in [-0.05, 0) is 71.8 Å². The van der Waals surface area contributed by atoms with E-state index in [0.717, 1.165) is 83.9 Å². The number of carboxylic acid groups (broad SMARTS) is 1. The van der Waals surface area contributed by atoms with Crippen LogP contribution in [-0.4, -0.2) is 59.7 Å². The second-order valence-corrected chi connectivity index (χ2v) is 11.3. The number of aliphatic carboxylic acids is 1. The number of hydrogen-bond donors (Lipinski definition) is 4. The first kappa shape index (κ1) is 32.6. The first-order valence-electron chi connectivity index (χ1n) is 15.1. The van der Waals surface area contributed by atoms with E-state index < -0.39 is 12.1 Å². The lowest BCUT2D eigenvalue weighted by atomic mass is 9.92. The number of ether oxygens (including phenoxy) is 1. The first-order valence-corrected chi connectivity index (χ1v) is 15.1. The number of hydrogen-bond acceptors (Lipinski definition) is 5. The standard InChI is InChI=1S/C33H34N4O2.C2HF3O2/c38-33-29(30(22-35-33)27-4-2-1-3-5-27)18-26-10-12-28-31(36-37-32(28)19-26)13-11-23-6-8-24(9-7-23)20-34-21-25-14-16-39-17-15-25;3-2(4,5)1(6)7/h1-13,18-19,25,30,34H,14-17,20-22H2,(H,35,38)(H,36,37);(H,6,7)/b13-11+,29-18+;. The fraction of sp³-hybridized carbons (Fsp3) is 0.286. The molecule has 1 unspecified atom stereocenters. The Hall–Kier alpha value is -4.74. The van der Waals surface area contributed by atoms with Gasteiger partial charge in [-0.25, -0.2) is 4.79 Å². The van der Waals surface area contributed by atoms with E-state index >= 15 is 0 Å². The van der Waals surface area contributed by atoms with E-state index in [1.807, 2.05) is 30.4 Å². The van der Waals surface area contributed by atoms with Crippen molar-refractivity contribution in [3.05, 3.63) is 106 Å². The summed E-state index contributed by atoms with van der Waals surface area (Å²) in [5, 5.41) is 22.5. The summed E-state index contributed by atoms with van der Waals surface area (Å²) in [6.45, 7) is 4.36. The van der Waals surface area contributed by atoms with E-state index in [0.29, 0.717) is 6.54 Å². The number of carbonyl (C=O) groups excluding carboxylic acids is 1. The summed E-state index contributed by atoms with van der Waals surface area (Å²) in [5.41, 5.74) is 7.20. The lowest BCUT2D eigenvalue weighted by Crippen LogP contribution is -2.27. The summed E-state index contributed by atoms with van der Waals surface area (Å²) < 4.78 is 37.2. The van der Waals surface area contributed by atoms with Crippen LogP contribution in [0.5, 0.6) is 0 Å². The number of nitrogens with one attached hydrogen (secondary N) is 3. The van der Waals surface area contributed by atoms with Gasteiger partial charge in [-0.1, -0.05) is 66.7 Å². The summed E-state index contributed by atoms with van der Waals surface area (Å²) in [7, 11) is 0. The van der Waals surface area contributed by atoms with Crippen LogP contribution < -0.4 is 10.6 Å². The third-order valence-corrected chi connectivity index (χ3v) is 8.00. The van der Waals surface area contributed by atoms with Crippen LogP contribution in [0.1, 0.15) is 46.7 Å². The molecule has 11 heteroatoms. The van der Waals surface area contributed by atoms with E-state index in [9.17, 15) is 18.0 Å². The average molecular weight is 633 g/mol. The smallest absolute Gasteiger partial charge is 0.475 e. The second-order valence-electron chi connectivity index (χ2n) is 11.3. The molecule has 2 saturated heterocycles. The molecule has 2 aliphatic rings. The van der Waals surface area contributed by atoms with Crippen molar-refractivity contribution in [2.45, 2.75) is 31.5 Å². The van der Waals surface area contributed by atoms with Crippen LogP contribution in [0.25, 0.3) is 29.1 Å². The normalized spacial score (nSPS) is 18.1. The first-order chi connectivity index (χ1) is 22.2. The molecule has 0 aliphatic carbocycles. The number of aromatic nitrogens is 2. The van der Waals surface area contributed by atoms with Gasteiger partial charge in [0.15, 0.2) is 0 Å². The van der Waals surface area contributed by atoms with E-state index in [4.69, 9.17) is 14.6 Å². The number of halogens is 3. The number of amides is 1. The lowest BCUT2D eigenvalue weighted by molar-refractivity contribution is -0.192. The third kappa shape index (κ3) is 8.70. The number of carbonyl (C=O) groups is 2. The average Bonchev–Trinajstić information content (AvgIpc) is 3.63. The number of fused-ring (bicyclic) bond motifs is 1. The van der Waals surface area contributed by atoms with E-state index in [1.165, 1.54) is 5.56 Å². The molecule has 8 nitrogen and oxygen atoms in total. The Morgan fingerprint density at radius 1 is 1.00 bits per heavy atom. The number of rotatable bonds is 8. The van der Waals surface area contributed by atoms with Gasteiger partial charge in [0.05, 0.1) is 11.2 Å². The molecule has 1 amide bonds. The summed E-state index contributed by atoms with van der Waals surface area (Å²) in [5.74, 6) is -1.97. The SMILES string of the molecule is O=C(O)C(F)(F)F.O=C1NCC(c2ccccc2)/C1=C\c1ccc2c(/C=C/c3ccc(CNCC4CCOCC4)cc3)n[nH]c2c1. The number of H-pyrrole nitrogens is 1. The van der Waals surface area contributed by atoms with Gasteiger partial charge in [0.25, 0.3) is 0 Å². The van der Waals surface area contributed by atoms with Gasteiger partial charge in [-0.2, -0.15) is 18.3 Å². The molecule has 0 saturated carbocycles. The zero-order chi connectivity index (χ0) is 32.5. The molecule has 2 aliphatic heterocycles. The van der Waals surface area contributed by atoms with Gasteiger partial charge in [-0.3, -0.25) is 9.89 Å². The quantitative estimate of drug-likeness (QED) is 0.173. The van der Waals surface area contributed by atoms with Crippen LogP contribution in [0.15, 0.2) is 78.4 Å². The topological polar surface area (TPSA) is 116 Å². The minimum absolute atomic E-state index is 0.00157.